The Morgan fingerprint density at radius 1 is 1.38 bits per heavy atom. The number of benzene rings is 1. The number of halogens is 2. The van der Waals surface area contributed by atoms with E-state index >= 15 is 0 Å². The minimum absolute atomic E-state index is 0.0691. The van der Waals surface area contributed by atoms with Crippen LogP contribution in [0.5, 0.6) is 0 Å². The molecule has 6 heteroatoms. The average molecular weight is 324 g/mol. The first kappa shape index (κ1) is 14.4. The van der Waals surface area contributed by atoms with E-state index in [9.17, 15) is 0 Å². The zero-order valence-electron chi connectivity index (χ0n) is 11.8. The summed E-state index contributed by atoms with van der Waals surface area (Å²) >= 11 is 12.0. The third kappa shape index (κ3) is 2.65. The van der Waals surface area contributed by atoms with E-state index in [1.807, 2.05) is 32.0 Å². The molecule has 0 aliphatic carbocycles. The molecule has 0 aliphatic rings. The van der Waals surface area contributed by atoms with Gasteiger partial charge < -0.3 is 8.98 Å². The van der Waals surface area contributed by atoms with Gasteiger partial charge >= 0.3 is 0 Å². The first-order valence-corrected chi connectivity index (χ1v) is 7.66. The van der Waals surface area contributed by atoms with Crippen LogP contribution < -0.4 is 0 Å². The van der Waals surface area contributed by atoms with Gasteiger partial charge in [0.05, 0.1) is 17.2 Å². The number of hydrogen-bond donors (Lipinski definition) is 0. The van der Waals surface area contributed by atoms with E-state index in [0.29, 0.717) is 23.2 Å². The van der Waals surface area contributed by atoms with E-state index in [1.54, 1.807) is 6.20 Å². The molecule has 0 fully saturated rings. The van der Waals surface area contributed by atoms with Crippen molar-refractivity contribution in [2.45, 2.75) is 26.3 Å². The number of rotatable bonds is 4. The fourth-order valence-corrected chi connectivity index (χ4v) is 2.82. The molecule has 0 aliphatic heterocycles. The monoisotopic (exact) mass is 323 g/mol. The summed E-state index contributed by atoms with van der Waals surface area (Å²) in [6, 6.07) is 5.60. The standard InChI is InChI=1S/C15H15Cl2N3O/c1-9-8-18-15(21-9)10(2)20-13-7-11(17)3-4-12(13)19-14(20)5-6-16/h3-4,7-8,10H,5-6H2,1-2H3. The Hall–Kier alpha value is -1.52. The van der Waals surface area contributed by atoms with Crippen molar-refractivity contribution >= 4 is 34.2 Å². The molecule has 0 radical (unpaired) electrons. The lowest BCUT2D eigenvalue weighted by atomic mass is 10.2. The molecular formula is C15H15Cl2N3O. The highest BCUT2D eigenvalue weighted by Crippen LogP contribution is 2.28. The largest absolute Gasteiger partial charge is 0.444 e. The second kappa shape index (κ2) is 5.70. The van der Waals surface area contributed by atoms with Crippen molar-refractivity contribution in [3.05, 3.63) is 46.9 Å². The lowest BCUT2D eigenvalue weighted by Crippen LogP contribution is -2.11. The van der Waals surface area contributed by atoms with E-state index < -0.39 is 0 Å². The van der Waals surface area contributed by atoms with Crippen LogP contribution >= 0.6 is 23.2 Å². The molecule has 0 bridgehead atoms. The van der Waals surface area contributed by atoms with Gasteiger partial charge in [0.2, 0.25) is 5.89 Å². The number of oxazole rings is 1. The number of imidazole rings is 1. The highest BCUT2D eigenvalue weighted by molar-refractivity contribution is 6.31. The molecule has 2 aromatic heterocycles. The molecule has 110 valence electrons. The lowest BCUT2D eigenvalue weighted by molar-refractivity contribution is 0.414. The number of hydrogen-bond acceptors (Lipinski definition) is 3. The molecule has 0 amide bonds. The molecule has 3 aromatic rings. The Balaban J connectivity index is 2.18. The molecule has 2 heterocycles. The summed E-state index contributed by atoms with van der Waals surface area (Å²) in [5, 5.41) is 0.678. The normalized spacial score (nSPS) is 13.0. The fourth-order valence-electron chi connectivity index (χ4n) is 2.48. The van der Waals surface area contributed by atoms with Crippen molar-refractivity contribution in [1.82, 2.24) is 14.5 Å². The number of alkyl halides is 1. The lowest BCUT2D eigenvalue weighted by Gasteiger charge is -2.14. The van der Waals surface area contributed by atoms with Crippen LogP contribution in [0.4, 0.5) is 0 Å². The first-order chi connectivity index (χ1) is 10.1. The predicted octanol–water partition coefficient (Wildman–Crippen LogP) is 4.38. The van der Waals surface area contributed by atoms with Crippen LogP contribution in [0.3, 0.4) is 0 Å². The highest BCUT2D eigenvalue weighted by Gasteiger charge is 2.20. The summed E-state index contributed by atoms with van der Waals surface area (Å²) < 4.78 is 7.75. The SMILES string of the molecule is Cc1cnc(C(C)n2c(CCCl)nc3ccc(Cl)cc32)o1. The molecule has 21 heavy (non-hydrogen) atoms. The Kier molecular flexibility index (Phi) is 3.91. The van der Waals surface area contributed by atoms with E-state index in [1.165, 1.54) is 0 Å². The van der Waals surface area contributed by atoms with Crippen molar-refractivity contribution in [1.29, 1.82) is 0 Å². The quantitative estimate of drug-likeness (QED) is 0.669. The van der Waals surface area contributed by atoms with Gasteiger partial charge in [-0.2, -0.15) is 0 Å². The van der Waals surface area contributed by atoms with Crippen LogP contribution in [0.1, 0.15) is 30.4 Å². The Labute approximate surface area is 132 Å². The molecule has 4 nitrogen and oxygen atoms in total. The molecule has 1 unspecified atom stereocenters. The maximum absolute atomic E-state index is 6.13. The van der Waals surface area contributed by atoms with Gasteiger partial charge in [0.15, 0.2) is 0 Å². The molecule has 0 spiro atoms. The summed E-state index contributed by atoms with van der Waals surface area (Å²) in [7, 11) is 0. The van der Waals surface area contributed by atoms with E-state index in [-0.39, 0.29) is 6.04 Å². The van der Waals surface area contributed by atoms with Gasteiger partial charge in [-0.1, -0.05) is 11.6 Å². The fraction of sp³-hybridized carbons (Fsp3) is 0.333. The second-order valence-corrected chi connectivity index (χ2v) is 5.77. The molecule has 0 N–H and O–H groups in total. The average Bonchev–Trinajstić information content (AvgIpc) is 3.02. The first-order valence-electron chi connectivity index (χ1n) is 6.75. The van der Waals surface area contributed by atoms with Gasteiger partial charge in [-0.3, -0.25) is 0 Å². The zero-order valence-corrected chi connectivity index (χ0v) is 13.3. The predicted molar refractivity (Wildman–Crippen MR) is 84.2 cm³/mol. The van der Waals surface area contributed by atoms with Gasteiger partial charge in [0.25, 0.3) is 0 Å². The Morgan fingerprint density at radius 2 is 2.19 bits per heavy atom. The van der Waals surface area contributed by atoms with Crippen molar-refractivity contribution in [2.75, 3.05) is 5.88 Å². The van der Waals surface area contributed by atoms with Crippen LogP contribution in [0.2, 0.25) is 5.02 Å². The number of fused-ring (bicyclic) bond motifs is 1. The van der Waals surface area contributed by atoms with Gasteiger partial charge in [-0.05, 0) is 32.0 Å². The zero-order chi connectivity index (χ0) is 15.0. The van der Waals surface area contributed by atoms with Gasteiger partial charge in [0.1, 0.15) is 17.6 Å². The minimum Gasteiger partial charge on any atom is -0.444 e. The maximum Gasteiger partial charge on any atom is 0.217 e. The van der Waals surface area contributed by atoms with E-state index in [0.717, 1.165) is 22.6 Å². The summed E-state index contributed by atoms with van der Waals surface area (Å²) in [5.74, 6) is 2.86. The molecule has 1 atom stereocenters. The molecule has 0 saturated heterocycles. The third-order valence-electron chi connectivity index (χ3n) is 3.43. The molecular weight excluding hydrogens is 309 g/mol. The Morgan fingerprint density at radius 3 is 2.86 bits per heavy atom. The summed E-state index contributed by atoms with van der Waals surface area (Å²) in [5.41, 5.74) is 1.86. The Bertz CT molecular complexity index is 778. The van der Waals surface area contributed by atoms with E-state index in [4.69, 9.17) is 27.6 Å². The summed E-state index contributed by atoms with van der Waals surface area (Å²) in [4.78, 5) is 8.97. The van der Waals surface area contributed by atoms with Crippen molar-refractivity contribution < 1.29 is 4.42 Å². The second-order valence-electron chi connectivity index (χ2n) is 4.96. The van der Waals surface area contributed by atoms with Crippen LogP contribution in [0, 0.1) is 6.92 Å². The van der Waals surface area contributed by atoms with Crippen molar-refractivity contribution in [3.63, 3.8) is 0 Å². The number of aryl methyl sites for hydroxylation is 2. The van der Waals surface area contributed by atoms with Crippen molar-refractivity contribution in [3.8, 4) is 0 Å². The van der Waals surface area contributed by atoms with E-state index in [2.05, 4.69) is 14.5 Å². The third-order valence-corrected chi connectivity index (χ3v) is 3.85. The molecule has 3 rings (SSSR count). The maximum atomic E-state index is 6.13. The highest BCUT2D eigenvalue weighted by atomic mass is 35.5. The van der Waals surface area contributed by atoms with Crippen LogP contribution in [-0.2, 0) is 6.42 Å². The van der Waals surface area contributed by atoms with Crippen LogP contribution in [-0.4, -0.2) is 20.4 Å². The van der Waals surface area contributed by atoms with Crippen molar-refractivity contribution in [2.24, 2.45) is 0 Å². The smallest absolute Gasteiger partial charge is 0.217 e. The minimum atomic E-state index is -0.0691. The molecule has 1 aromatic carbocycles. The number of nitrogens with zero attached hydrogens (tertiary/aromatic N) is 3. The topological polar surface area (TPSA) is 43.9 Å². The van der Waals surface area contributed by atoms with Gasteiger partial charge in [0, 0.05) is 17.3 Å². The molecule has 0 saturated carbocycles. The van der Waals surface area contributed by atoms with Crippen LogP contribution in [0.25, 0.3) is 11.0 Å². The number of aromatic nitrogens is 3. The van der Waals surface area contributed by atoms with Crippen LogP contribution in [0.15, 0.2) is 28.8 Å². The summed E-state index contributed by atoms with van der Waals surface area (Å²) in [6.07, 6.45) is 2.40. The summed E-state index contributed by atoms with van der Waals surface area (Å²) in [6.45, 7) is 3.91. The van der Waals surface area contributed by atoms with Gasteiger partial charge in [-0.25, -0.2) is 9.97 Å². The van der Waals surface area contributed by atoms with Gasteiger partial charge in [-0.15, -0.1) is 11.6 Å².